The second kappa shape index (κ2) is 5.86. The smallest absolute Gasteiger partial charge is 0.284 e. The molecule has 2 N–H and O–H groups in total. The van der Waals surface area contributed by atoms with Crippen LogP contribution in [0.15, 0.2) is 33.6 Å². The summed E-state index contributed by atoms with van der Waals surface area (Å²) < 4.78 is 32.3. The second-order valence-corrected chi connectivity index (χ2v) is 6.43. The van der Waals surface area contributed by atoms with Crippen molar-refractivity contribution in [3.63, 3.8) is 0 Å². The number of aryl methyl sites for hydroxylation is 1. The molecule has 1 aromatic carbocycles. The van der Waals surface area contributed by atoms with Crippen LogP contribution in [0.2, 0.25) is 0 Å². The minimum Gasteiger partial charge on any atom is -0.412 e. The van der Waals surface area contributed by atoms with Gasteiger partial charge in [-0.05, 0) is 37.7 Å². The van der Waals surface area contributed by atoms with Crippen LogP contribution in [-0.2, 0) is 10.0 Å². The predicted molar refractivity (Wildman–Crippen MR) is 76.2 cm³/mol. The van der Waals surface area contributed by atoms with Gasteiger partial charge < -0.3 is 4.42 Å². The first-order valence-corrected chi connectivity index (χ1v) is 7.96. The van der Waals surface area contributed by atoms with E-state index in [4.69, 9.17) is 16.6 Å². The average molecular weight is 313 g/mol. The van der Waals surface area contributed by atoms with E-state index < -0.39 is 16.1 Å². The fraction of sp³-hybridized carbons (Fsp3) is 0.333. The lowest BCUT2D eigenvalue weighted by Gasteiger charge is -2.13. The molecule has 8 heteroatoms. The number of rotatable bonds is 5. The molecule has 0 unspecified atom stereocenters. The van der Waals surface area contributed by atoms with E-state index in [1.54, 1.807) is 24.3 Å². The second-order valence-electron chi connectivity index (χ2n) is 4.35. The Balaban J connectivity index is 2.26. The first-order chi connectivity index (χ1) is 9.42. The number of benzene rings is 1. The van der Waals surface area contributed by atoms with E-state index in [2.05, 4.69) is 14.9 Å². The third-order valence-corrected chi connectivity index (χ3v) is 4.45. The Morgan fingerprint density at radius 1 is 1.40 bits per heavy atom. The lowest BCUT2D eigenvalue weighted by Crippen LogP contribution is -2.28. The first-order valence-electron chi connectivity index (χ1n) is 6.07. The van der Waals surface area contributed by atoms with Gasteiger partial charge in [-0.3, -0.25) is 0 Å². The topological polar surface area (TPSA) is 88.0 Å². The summed E-state index contributed by atoms with van der Waals surface area (Å²) in [5, 5.41) is 6.34. The van der Waals surface area contributed by atoms with Crippen LogP contribution in [0.5, 0.6) is 0 Å². The van der Waals surface area contributed by atoms with Crippen molar-refractivity contribution < 1.29 is 12.8 Å². The van der Waals surface area contributed by atoms with Gasteiger partial charge in [-0.15, -0.1) is 5.10 Å². The highest BCUT2D eigenvalue weighted by Crippen LogP contribution is 2.18. The highest BCUT2D eigenvalue weighted by atomic mass is 32.2. The van der Waals surface area contributed by atoms with E-state index >= 15 is 0 Å². The average Bonchev–Trinajstić information content (AvgIpc) is 2.83. The van der Waals surface area contributed by atoms with Crippen molar-refractivity contribution in [1.82, 2.24) is 14.9 Å². The summed E-state index contributed by atoms with van der Waals surface area (Å²) in [6.45, 7) is 3.72. The molecule has 0 aliphatic carbocycles. The molecule has 0 amide bonds. The van der Waals surface area contributed by atoms with Crippen molar-refractivity contribution in [2.75, 3.05) is 0 Å². The lowest BCUT2D eigenvalue weighted by atomic mass is 10.2. The highest BCUT2D eigenvalue weighted by molar-refractivity contribution is 7.89. The molecule has 2 rings (SSSR count). The Morgan fingerprint density at radius 2 is 2.05 bits per heavy atom. The normalized spacial score (nSPS) is 13.3. The maximum atomic E-state index is 12.3. The third kappa shape index (κ3) is 3.33. The van der Waals surface area contributed by atoms with Crippen LogP contribution in [0, 0.1) is 11.8 Å². The first kappa shape index (κ1) is 14.9. The molecule has 6 nitrogen and oxygen atoms in total. The number of aromatic nitrogens is 2. The number of H-pyrrole nitrogens is 1. The molecule has 20 heavy (non-hydrogen) atoms. The van der Waals surface area contributed by atoms with Crippen LogP contribution >= 0.6 is 12.2 Å². The van der Waals surface area contributed by atoms with Crippen molar-refractivity contribution in [2.24, 2.45) is 0 Å². The fourth-order valence-corrected chi connectivity index (χ4v) is 3.08. The molecule has 0 fully saturated rings. The molecule has 1 heterocycles. The Morgan fingerprint density at radius 3 is 2.55 bits per heavy atom. The number of aromatic amines is 1. The van der Waals surface area contributed by atoms with E-state index in [-0.39, 0.29) is 15.6 Å². The summed E-state index contributed by atoms with van der Waals surface area (Å²) in [5.41, 5.74) is 0.994. The standard InChI is InChI=1S/C12H15N3O3S2/c1-3-10(11-13-14-12(19)18-11)15-20(16,17)9-6-4-8(2)5-7-9/h4-7,10,15H,3H2,1-2H3,(H,14,19)/t10-/m0/s1. The van der Waals surface area contributed by atoms with E-state index in [0.29, 0.717) is 6.42 Å². The van der Waals surface area contributed by atoms with Gasteiger partial charge >= 0.3 is 0 Å². The van der Waals surface area contributed by atoms with Crippen LogP contribution in [0.1, 0.15) is 30.8 Å². The molecule has 0 spiro atoms. The van der Waals surface area contributed by atoms with Crippen molar-refractivity contribution in [3.05, 3.63) is 40.6 Å². The maximum Gasteiger partial charge on any atom is 0.284 e. The molecule has 0 bridgehead atoms. The highest BCUT2D eigenvalue weighted by Gasteiger charge is 2.23. The molecule has 0 saturated heterocycles. The molecule has 2 aromatic rings. The fourth-order valence-electron chi connectivity index (χ4n) is 1.67. The van der Waals surface area contributed by atoms with Gasteiger partial charge in [0.1, 0.15) is 0 Å². The summed E-state index contributed by atoms with van der Waals surface area (Å²) >= 11 is 4.79. The summed E-state index contributed by atoms with van der Waals surface area (Å²) in [6.07, 6.45) is 0.494. The van der Waals surface area contributed by atoms with Gasteiger partial charge in [-0.25, -0.2) is 13.5 Å². The van der Waals surface area contributed by atoms with Gasteiger partial charge in [0.05, 0.1) is 10.9 Å². The maximum absolute atomic E-state index is 12.3. The molecule has 1 atom stereocenters. The van der Waals surface area contributed by atoms with Crippen LogP contribution in [-0.4, -0.2) is 18.6 Å². The molecule has 0 radical (unpaired) electrons. The molecular formula is C12H15N3O3S2. The van der Waals surface area contributed by atoms with E-state index in [1.165, 1.54) is 0 Å². The summed E-state index contributed by atoms with van der Waals surface area (Å²) in [7, 11) is -3.63. The molecule has 108 valence electrons. The predicted octanol–water partition coefficient (Wildman–Crippen LogP) is 2.47. The Kier molecular flexibility index (Phi) is 4.36. The zero-order valence-electron chi connectivity index (χ0n) is 11.1. The monoisotopic (exact) mass is 313 g/mol. The lowest BCUT2D eigenvalue weighted by molar-refractivity contribution is 0.414. The minimum atomic E-state index is -3.63. The van der Waals surface area contributed by atoms with E-state index in [0.717, 1.165) is 5.56 Å². The number of hydrogen-bond acceptors (Lipinski definition) is 5. The van der Waals surface area contributed by atoms with E-state index in [1.807, 2.05) is 13.8 Å². The molecule has 0 saturated carbocycles. The Bertz CT molecular complexity index is 732. The Labute approximate surface area is 122 Å². The van der Waals surface area contributed by atoms with Gasteiger partial charge in [-0.2, -0.15) is 4.72 Å². The summed E-state index contributed by atoms with van der Waals surface area (Å²) in [5.74, 6) is 0.230. The number of sulfonamides is 1. The molecular weight excluding hydrogens is 298 g/mol. The quantitative estimate of drug-likeness (QED) is 0.828. The summed E-state index contributed by atoms with van der Waals surface area (Å²) in [4.78, 5) is 0.323. The van der Waals surface area contributed by atoms with Gasteiger partial charge in [-0.1, -0.05) is 24.6 Å². The SMILES string of the molecule is CC[C@H](NS(=O)(=O)c1ccc(C)cc1)c1n[nH]c(=S)o1. The zero-order valence-corrected chi connectivity index (χ0v) is 12.7. The van der Waals surface area contributed by atoms with Crippen molar-refractivity contribution in [3.8, 4) is 0 Å². The van der Waals surface area contributed by atoms with Gasteiger partial charge in [0, 0.05) is 0 Å². The Hall–Kier alpha value is -1.51. The van der Waals surface area contributed by atoms with Crippen LogP contribution in [0.25, 0.3) is 0 Å². The third-order valence-electron chi connectivity index (χ3n) is 2.79. The number of nitrogens with one attached hydrogen (secondary N) is 2. The van der Waals surface area contributed by atoms with Crippen LogP contribution in [0.4, 0.5) is 0 Å². The van der Waals surface area contributed by atoms with Crippen LogP contribution < -0.4 is 4.72 Å². The van der Waals surface area contributed by atoms with Crippen molar-refractivity contribution in [1.29, 1.82) is 0 Å². The van der Waals surface area contributed by atoms with E-state index in [9.17, 15) is 8.42 Å². The molecule has 1 aromatic heterocycles. The van der Waals surface area contributed by atoms with Crippen molar-refractivity contribution in [2.45, 2.75) is 31.2 Å². The largest absolute Gasteiger partial charge is 0.412 e. The molecule has 0 aliphatic heterocycles. The van der Waals surface area contributed by atoms with Crippen LogP contribution in [0.3, 0.4) is 0 Å². The van der Waals surface area contributed by atoms with Gasteiger partial charge in [0.15, 0.2) is 0 Å². The zero-order chi connectivity index (χ0) is 14.8. The van der Waals surface area contributed by atoms with Gasteiger partial charge in [0.2, 0.25) is 15.9 Å². The summed E-state index contributed by atoms with van der Waals surface area (Å²) in [6, 6.07) is 6.05. The number of hydrogen-bond donors (Lipinski definition) is 2. The minimum absolute atomic E-state index is 0.119. The molecule has 0 aliphatic rings. The number of nitrogens with zero attached hydrogens (tertiary/aromatic N) is 1. The van der Waals surface area contributed by atoms with Crippen molar-refractivity contribution >= 4 is 22.2 Å². The van der Waals surface area contributed by atoms with Gasteiger partial charge in [0.25, 0.3) is 4.84 Å².